The Kier molecular flexibility index (Phi) is 3.48. The monoisotopic (exact) mass is 219 g/mol. The van der Waals surface area contributed by atoms with Gasteiger partial charge in [0, 0.05) is 11.1 Å². The first-order chi connectivity index (χ1) is 7.36. The van der Waals surface area contributed by atoms with Crippen molar-refractivity contribution in [2.24, 2.45) is 0 Å². The second-order valence-corrected chi connectivity index (χ2v) is 4.40. The van der Waals surface area contributed by atoms with Crippen molar-refractivity contribution in [2.75, 3.05) is 0 Å². The molecule has 1 N–H and O–H groups in total. The van der Waals surface area contributed by atoms with E-state index in [9.17, 15) is 5.11 Å². The van der Waals surface area contributed by atoms with Gasteiger partial charge in [-0.1, -0.05) is 30.3 Å². The summed E-state index contributed by atoms with van der Waals surface area (Å²) in [5, 5.41) is 9.90. The molecule has 15 heavy (non-hydrogen) atoms. The highest BCUT2D eigenvalue weighted by molar-refractivity contribution is 7.09. The SMILES string of the molecule is OC(CCc1cncs1)c1ccccc1. The molecule has 0 saturated carbocycles. The number of aliphatic hydroxyl groups excluding tert-OH is 1. The molecule has 1 aromatic heterocycles. The third-order valence-corrected chi connectivity index (χ3v) is 3.17. The van der Waals surface area contributed by atoms with E-state index in [1.165, 1.54) is 4.88 Å². The number of aromatic nitrogens is 1. The van der Waals surface area contributed by atoms with Crippen LogP contribution in [0, 0.1) is 0 Å². The number of nitrogens with zero attached hydrogens (tertiary/aromatic N) is 1. The molecule has 0 amide bonds. The number of benzene rings is 1. The average molecular weight is 219 g/mol. The van der Waals surface area contributed by atoms with Crippen LogP contribution in [0.2, 0.25) is 0 Å². The van der Waals surface area contributed by atoms with Gasteiger partial charge in [-0.3, -0.25) is 4.98 Å². The lowest BCUT2D eigenvalue weighted by Crippen LogP contribution is -1.98. The molecule has 0 aliphatic rings. The van der Waals surface area contributed by atoms with E-state index in [1.54, 1.807) is 11.3 Å². The normalized spacial score (nSPS) is 12.6. The van der Waals surface area contributed by atoms with Crippen molar-refractivity contribution >= 4 is 11.3 Å². The van der Waals surface area contributed by atoms with Gasteiger partial charge in [-0.15, -0.1) is 11.3 Å². The highest BCUT2D eigenvalue weighted by Crippen LogP contribution is 2.19. The zero-order chi connectivity index (χ0) is 10.5. The lowest BCUT2D eigenvalue weighted by Gasteiger charge is -2.09. The third kappa shape index (κ3) is 2.88. The predicted molar refractivity (Wildman–Crippen MR) is 61.8 cm³/mol. The van der Waals surface area contributed by atoms with E-state index in [0.717, 1.165) is 18.4 Å². The lowest BCUT2D eigenvalue weighted by atomic mass is 10.1. The molecule has 0 spiro atoms. The van der Waals surface area contributed by atoms with Gasteiger partial charge >= 0.3 is 0 Å². The molecule has 2 nitrogen and oxygen atoms in total. The fourth-order valence-electron chi connectivity index (χ4n) is 1.49. The number of hydrogen-bond donors (Lipinski definition) is 1. The molecule has 1 unspecified atom stereocenters. The van der Waals surface area contributed by atoms with Crippen LogP contribution in [0.1, 0.15) is 23.0 Å². The molecule has 0 bridgehead atoms. The zero-order valence-electron chi connectivity index (χ0n) is 8.34. The maximum Gasteiger partial charge on any atom is 0.0794 e. The number of aliphatic hydroxyl groups is 1. The van der Waals surface area contributed by atoms with E-state index in [0.29, 0.717) is 0 Å². The standard InChI is InChI=1S/C12H13NOS/c14-12(10-4-2-1-3-5-10)7-6-11-8-13-9-15-11/h1-5,8-9,12,14H,6-7H2. The summed E-state index contributed by atoms with van der Waals surface area (Å²) in [6.45, 7) is 0. The summed E-state index contributed by atoms with van der Waals surface area (Å²) >= 11 is 1.64. The second-order valence-electron chi connectivity index (χ2n) is 3.43. The average Bonchev–Trinajstić information content (AvgIpc) is 2.80. The summed E-state index contributed by atoms with van der Waals surface area (Å²) in [6.07, 6.45) is 3.14. The fraction of sp³-hybridized carbons (Fsp3) is 0.250. The highest BCUT2D eigenvalue weighted by Gasteiger charge is 2.07. The Morgan fingerprint density at radius 2 is 2.07 bits per heavy atom. The molecular weight excluding hydrogens is 206 g/mol. The van der Waals surface area contributed by atoms with Crippen molar-refractivity contribution in [3.63, 3.8) is 0 Å². The van der Waals surface area contributed by atoms with Gasteiger partial charge in [0.05, 0.1) is 11.6 Å². The van der Waals surface area contributed by atoms with Gasteiger partial charge in [0.2, 0.25) is 0 Å². The van der Waals surface area contributed by atoms with Gasteiger partial charge in [-0.25, -0.2) is 0 Å². The molecule has 78 valence electrons. The maximum atomic E-state index is 9.90. The first kappa shape index (κ1) is 10.3. The Bertz CT molecular complexity index is 385. The highest BCUT2D eigenvalue weighted by atomic mass is 32.1. The van der Waals surface area contributed by atoms with Crippen molar-refractivity contribution in [3.05, 3.63) is 52.5 Å². The molecule has 0 aliphatic heterocycles. The van der Waals surface area contributed by atoms with Crippen molar-refractivity contribution in [1.29, 1.82) is 0 Å². The summed E-state index contributed by atoms with van der Waals surface area (Å²) in [4.78, 5) is 5.24. The number of thiazole rings is 1. The first-order valence-corrected chi connectivity index (χ1v) is 5.84. The van der Waals surface area contributed by atoms with Gasteiger partial charge < -0.3 is 5.11 Å². The smallest absolute Gasteiger partial charge is 0.0794 e. The molecule has 3 heteroatoms. The minimum absolute atomic E-state index is 0.367. The molecule has 1 heterocycles. The van der Waals surface area contributed by atoms with Crippen molar-refractivity contribution < 1.29 is 5.11 Å². The number of rotatable bonds is 4. The van der Waals surface area contributed by atoms with Gasteiger partial charge in [0.25, 0.3) is 0 Å². The van der Waals surface area contributed by atoms with E-state index in [-0.39, 0.29) is 6.10 Å². The van der Waals surface area contributed by atoms with Crippen LogP contribution in [0.5, 0.6) is 0 Å². The lowest BCUT2D eigenvalue weighted by molar-refractivity contribution is 0.168. The summed E-state index contributed by atoms with van der Waals surface area (Å²) in [6, 6.07) is 9.77. The Balaban J connectivity index is 1.90. The molecular formula is C12H13NOS. The Morgan fingerprint density at radius 1 is 1.27 bits per heavy atom. The van der Waals surface area contributed by atoms with E-state index in [1.807, 2.05) is 42.0 Å². The summed E-state index contributed by atoms with van der Waals surface area (Å²) in [5.41, 5.74) is 2.81. The molecule has 0 saturated heterocycles. The minimum Gasteiger partial charge on any atom is -0.388 e. The summed E-state index contributed by atoms with van der Waals surface area (Å²) in [7, 11) is 0. The van der Waals surface area contributed by atoms with Crippen LogP contribution >= 0.6 is 11.3 Å². The molecule has 2 rings (SSSR count). The third-order valence-electron chi connectivity index (χ3n) is 2.33. The van der Waals surface area contributed by atoms with Gasteiger partial charge in [-0.2, -0.15) is 0 Å². The van der Waals surface area contributed by atoms with Gasteiger partial charge in [0.1, 0.15) is 0 Å². The Hall–Kier alpha value is -1.19. The molecule has 1 aromatic carbocycles. The fourth-order valence-corrected chi connectivity index (χ4v) is 2.10. The zero-order valence-corrected chi connectivity index (χ0v) is 9.15. The molecule has 2 aromatic rings. The minimum atomic E-state index is -0.367. The largest absolute Gasteiger partial charge is 0.388 e. The Morgan fingerprint density at radius 3 is 2.73 bits per heavy atom. The first-order valence-electron chi connectivity index (χ1n) is 4.96. The van der Waals surface area contributed by atoms with Crippen molar-refractivity contribution in [1.82, 2.24) is 4.98 Å². The van der Waals surface area contributed by atoms with Crippen LogP contribution in [0.3, 0.4) is 0 Å². The van der Waals surface area contributed by atoms with Crippen LogP contribution in [0.25, 0.3) is 0 Å². The van der Waals surface area contributed by atoms with Crippen molar-refractivity contribution in [3.8, 4) is 0 Å². The maximum absolute atomic E-state index is 9.90. The second kappa shape index (κ2) is 5.05. The van der Waals surface area contributed by atoms with Gasteiger partial charge in [-0.05, 0) is 18.4 Å². The van der Waals surface area contributed by atoms with Crippen LogP contribution in [-0.2, 0) is 6.42 Å². The quantitative estimate of drug-likeness (QED) is 0.857. The van der Waals surface area contributed by atoms with Crippen LogP contribution in [0.15, 0.2) is 42.0 Å². The topological polar surface area (TPSA) is 33.1 Å². The molecule has 0 radical (unpaired) electrons. The summed E-state index contributed by atoms with van der Waals surface area (Å²) in [5.74, 6) is 0. The van der Waals surface area contributed by atoms with Gasteiger partial charge in [0.15, 0.2) is 0 Å². The van der Waals surface area contributed by atoms with E-state index >= 15 is 0 Å². The molecule has 1 atom stereocenters. The van der Waals surface area contributed by atoms with E-state index in [4.69, 9.17) is 0 Å². The molecule has 0 fully saturated rings. The van der Waals surface area contributed by atoms with Crippen molar-refractivity contribution in [2.45, 2.75) is 18.9 Å². The van der Waals surface area contributed by atoms with E-state index < -0.39 is 0 Å². The number of hydrogen-bond acceptors (Lipinski definition) is 3. The number of aryl methyl sites for hydroxylation is 1. The van der Waals surface area contributed by atoms with Crippen LogP contribution in [0.4, 0.5) is 0 Å². The molecule has 0 aliphatic carbocycles. The van der Waals surface area contributed by atoms with Crippen LogP contribution in [-0.4, -0.2) is 10.1 Å². The van der Waals surface area contributed by atoms with E-state index in [2.05, 4.69) is 4.98 Å². The Labute approximate surface area is 93.2 Å². The summed E-state index contributed by atoms with van der Waals surface area (Å²) < 4.78 is 0. The van der Waals surface area contributed by atoms with Crippen LogP contribution < -0.4 is 0 Å². The predicted octanol–water partition coefficient (Wildman–Crippen LogP) is 2.81.